The highest BCUT2D eigenvalue weighted by Gasteiger charge is 2.24. The smallest absolute Gasteiger partial charge is 0.251 e. The van der Waals surface area contributed by atoms with Crippen molar-refractivity contribution in [2.24, 2.45) is 0 Å². The molecule has 158 valence electrons. The van der Waals surface area contributed by atoms with E-state index in [0.29, 0.717) is 12.1 Å². The first-order valence-corrected chi connectivity index (χ1v) is 10.1. The maximum atomic E-state index is 12.6. The standard InChI is InChI=1S/C24H32N2O2.ClH/c1-18-6-5-7-20(16-18)23(27)25-17-22(26-12-14-28-15-13-26)19-8-10-21(11-9-19)24(2,3)4;/h5-11,16,22H,12-15,17H2,1-4H3,(H,25,27);1H. The first kappa shape index (κ1) is 23.4. The van der Waals surface area contributed by atoms with Crippen LogP contribution in [0.2, 0.25) is 0 Å². The molecule has 1 fully saturated rings. The number of halogens is 1. The number of carbonyl (C=O) groups is 1. The van der Waals surface area contributed by atoms with Gasteiger partial charge in [0.1, 0.15) is 0 Å². The summed E-state index contributed by atoms with van der Waals surface area (Å²) in [5, 5.41) is 3.15. The van der Waals surface area contributed by atoms with Gasteiger partial charge in [0.25, 0.3) is 5.91 Å². The van der Waals surface area contributed by atoms with Gasteiger partial charge < -0.3 is 10.1 Å². The lowest BCUT2D eigenvalue weighted by Gasteiger charge is -2.35. The monoisotopic (exact) mass is 416 g/mol. The topological polar surface area (TPSA) is 41.6 Å². The second-order valence-electron chi connectivity index (χ2n) is 8.62. The molecule has 0 radical (unpaired) electrons. The fraction of sp³-hybridized carbons (Fsp3) is 0.458. The van der Waals surface area contributed by atoms with Crippen LogP contribution in [0.25, 0.3) is 0 Å². The summed E-state index contributed by atoms with van der Waals surface area (Å²) >= 11 is 0. The zero-order valence-electron chi connectivity index (χ0n) is 17.9. The predicted molar refractivity (Wildman–Crippen MR) is 121 cm³/mol. The summed E-state index contributed by atoms with van der Waals surface area (Å²) in [6, 6.07) is 16.7. The Bertz CT molecular complexity index is 793. The van der Waals surface area contributed by atoms with E-state index in [1.165, 1.54) is 11.1 Å². The molecule has 3 rings (SSSR count). The van der Waals surface area contributed by atoms with Gasteiger partial charge in [0.15, 0.2) is 0 Å². The van der Waals surface area contributed by atoms with Crippen LogP contribution in [-0.2, 0) is 10.2 Å². The van der Waals surface area contributed by atoms with E-state index < -0.39 is 0 Å². The van der Waals surface area contributed by atoms with Crippen molar-refractivity contribution >= 4 is 18.3 Å². The molecule has 1 amide bonds. The highest BCUT2D eigenvalue weighted by Crippen LogP contribution is 2.26. The van der Waals surface area contributed by atoms with Crippen LogP contribution in [0.15, 0.2) is 48.5 Å². The first-order valence-electron chi connectivity index (χ1n) is 10.1. The van der Waals surface area contributed by atoms with Gasteiger partial charge in [0.2, 0.25) is 0 Å². The van der Waals surface area contributed by atoms with Crippen LogP contribution in [0.3, 0.4) is 0 Å². The zero-order chi connectivity index (χ0) is 20.1. The summed E-state index contributed by atoms with van der Waals surface area (Å²) in [4.78, 5) is 15.1. The number of nitrogens with one attached hydrogen (secondary N) is 1. The summed E-state index contributed by atoms with van der Waals surface area (Å²) in [5.74, 6) is -0.0201. The molecule has 2 aromatic carbocycles. The van der Waals surface area contributed by atoms with Crippen molar-refractivity contribution < 1.29 is 9.53 Å². The molecule has 1 aliphatic heterocycles. The van der Waals surface area contributed by atoms with Crippen molar-refractivity contribution in [3.8, 4) is 0 Å². The van der Waals surface area contributed by atoms with Crippen LogP contribution in [0.5, 0.6) is 0 Å². The quantitative estimate of drug-likeness (QED) is 0.779. The van der Waals surface area contributed by atoms with E-state index in [-0.39, 0.29) is 29.8 Å². The maximum absolute atomic E-state index is 12.6. The third kappa shape index (κ3) is 6.30. The van der Waals surface area contributed by atoms with E-state index in [2.05, 4.69) is 55.3 Å². The number of benzene rings is 2. The zero-order valence-corrected chi connectivity index (χ0v) is 18.7. The number of ether oxygens (including phenoxy) is 1. The molecular formula is C24H33ClN2O2. The highest BCUT2D eigenvalue weighted by atomic mass is 35.5. The molecule has 0 bridgehead atoms. The van der Waals surface area contributed by atoms with E-state index in [9.17, 15) is 4.79 Å². The molecule has 0 aromatic heterocycles. The van der Waals surface area contributed by atoms with E-state index >= 15 is 0 Å². The van der Waals surface area contributed by atoms with Gasteiger partial charge in [-0.05, 0) is 35.6 Å². The summed E-state index contributed by atoms with van der Waals surface area (Å²) in [5.41, 5.74) is 4.49. The fourth-order valence-electron chi connectivity index (χ4n) is 3.63. The van der Waals surface area contributed by atoms with Gasteiger partial charge in [-0.2, -0.15) is 0 Å². The van der Waals surface area contributed by atoms with Crippen LogP contribution < -0.4 is 5.32 Å². The van der Waals surface area contributed by atoms with Crippen LogP contribution in [0.4, 0.5) is 0 Å². The molecule has 5 heteroatoms. The predicted octanol–water partition coefficient (Wildman–Crippen LogP) is 4.52. The summed E-state index contributed by atoms with van der Waals surface area (Å²) in [6.45, 7) is 12.5. The van der Waals surface area contributed by atoms with Gasteiger partial charge in [0.05, 0.1) is 19.3 Å². The normalized spacial score (nSPS) is 16.0. The molecule has 1 saturated heterocycles. The highest BCUT2D eigenvalue weighted by molar-refractivity contribution is 5.94. The van der Waals surface area contributed by atoms with Gasteiger partial charge >= 0.3 is 0 Å². The Morgan fingerprint density at radius 3 is 2.34 bits per heavy atom. The molecule has 29 heavy (non-hydrogen) atoms. The van der Waals surface area contributed by atoms with Gasteiger partial charge in [-0.3, -0.25) is 9.69 Å². The number of rotatable bonds is 5. The minimum atomic E-state index is -0.0201. The largest absolute Gasteiger partial charge is 0.379 e. The van der Waals surface area contributed by atoms with Crippen molar-refractivity contribution in [3.63, 3.8) is 0 Å². The molecule has 1 aliphatic rings. The number of carbonyl (C=O) groups excluding carboxylic acids is 1. The van der Waals surface area contributed by atoms with Crippen LogP contribution in [0.1, 0.15) is 53.9 Å². The number of aryl methyl sites for hydroxylation is 1. The Hall–Kier alpha value is -1.88. The average molecular weight is 417 g/mol. The Balaban J connectivity index is 0.00000300. The van der Waals surface area contributed by atoms with Crippen LogP contribution in [0, 0.1) is 6.92 Å². The lowest BCUT2D eigenvalue weighted by Crippen LogP contribution is -2.43. The fourth-order valence-corrected chi connectivity index (χ4v) is 3.63. The molecule has 4 nitrogen and oxygen atoms in total. The third-order valence-electron chi connectivity index (χ3n) is 5.38. The van der Waals surface area contributed by atoms with E-state index in [1.807, 2.05) is 31.2 Å². The second kappa shape index (κ2) is 10.2. The number of nitrogens with zero attached hydrogens (tertiary/aromatic N) is 1. The minimum absolute atomic E-state index is 0. The van der Waals surface area contributed by atoms with Crippen molar-refractivity contribution in [3.05, 3.63) is 70.8 Å². The van der Waals surface area contributed by atoms with Crippen molar-refractivity contribution in [2.75, 3.05) is 32.8 Å². The molecule has 0 spiro atoms. The van der Waals surface area contributed by atoms with Gasteiger partial charge in [-0.15, -0.1) is 12.4 Å². The van der Waals surface area contributed by atoms with Crippen molar-refractivity contribution in [1.29, 1.82) is 0 Å². The average Bonchev–Trinajstić information content (AvgIpc) is 2.68. The Morgan fingerprint density at radius 2 is 1.76 bits per heavy atom. The molecule has 0 aliphatic carbocycles. The first-order chi connectivity index (χ1) is 13.3. The maximum Gasteiger partial charge on any atom is 0.251 e. The number of hydrogen-bond donors (Lipinski definition) is 1. The van der Waals surface area contributed by atoms with Crippen molar-refractivity contribution in [2.45, 2.75) is 39.2 Å². The van der Waals surface area contributed by atoms with Crippen LogP contribution in [-0.4, -0.2) is 43.7 Å². The summed E-state index contributed by atoms with van der Waals surface area (Å²) in [6.07, 6.45) is 0. The lowest BCUT2D eigenvalue weighted by molar-refractivity contribution is 0.0162. The van der Waals surface area contributed by atoms with E-state index in [4.69, 9.17) is 4.74 Å². The second-order valence-corrected chi connectivity index (χ2v) is 8.62. The van der Waals surface area contributed by atoms with E-state index in [1.54, 1.807) is 0 Å². The van der Waals surface area contributed by atoms with Gasteiger partial charge in [0, 0.05) is 25.2 Å². The van der Waals surface area contributed by atoms with E-state index in [0.717, 1.165) is 31.9 Å². The molecule has 0 saturated carbocycles. The van der Waals surface area contributed by atoms with Gasteiger partial charge in [-0.1, -0.05) is 62.7 Å². The lowest BCUT2D eigenvalue weighted by atomic mass is 9.86. The summed E-state index contributed by atoms with van der Waals surface area (Å²) in [7, 11) is 0. The molecular weight excluding hydrogens is 384 g/mol. The SMILES string of the molecule is Cc1cccc(C(=O)NCC(c2ccc(C(C)(C)C)cc2)N2CCOCC2)c1.Cl. The number of hydrogen-bond acceptors (Lipinski definition) is 3. The Labute approximate surface area is 181 Å². The summed E-state index contributed by atoms with van der Waals surface area (Å²) < 4.78 is 5.53. The van der Waals surface area contributed by atoms with Crippen LogP contribution >= 0.6 is 12.4 Å². The minimum Gasteiger partial charge on any atom is -0.379 e. The molecule has 1 heterocycles. The van der Waals surface area contributed by atoms with Gasteiger partial charge in [-0.25, -0.2) is 0 Å². The molecule has 1 N–H and O–H groups in total. The third-order valence-corrected chi connectivity index (χ3v) is 5.38. The number of morpholine rings is 1. The van der Waals surface area contributed by atoms with Crippen molar-refractivity contribution in [1.82, 2.24) is 10.2 Å². The molecule has 1 atom stereocenters. The molecule has 2 aromatic rings. The molecule has 1 unspecified atom stereocenters. The Morgan fingerprint density at radius 1 is 1.10 bits per heavy atom. The Kier molecular flexibility index (Phi) is 8.26. The number of amides is 1.